The maximum Gasteiger partial charge on any atom is 0.417 e. The second-order valence-electron chi connectivity index (χ2n) is 8.20. The quantitative estimate of drug-likeness (QED) is 0.393. The maximum atomic E-state index is 13.1. The number of halogens is 6. The van der Waals surface area contributed by atoms with Crippen molar-refractivity contribution >= 4 is 17.2 Å². The van der Waals surface area contributed by atoms with E-state index in [0.717, 1.165) is 35.6 Å². The van der Waals surface area contributed by atoms with Crippen molar-refractivity contribution in [1.82, 2.24) is 9.97 Å². The van der Waals surface area contributed by atoms with Crippen molar-refractivity contribution in [3.05, 3.63) is 77.7 Å². The first-order chi connectivity index (χ1) is 16.0. The molecule has 0 unspecified atom stereocenters. The van der Waals surface area contributed by atoms with E-state index in [1.807, 2.05) is 22.8 Å². The van der Waals surface area contributed by atoms with Crippen molar-refractivity contribution in [1.29, 1.82) is 0 Å². The molecule has 0 aliphatic carbocycles. The molecule has 0 amide bonds. The predicted molar refractivity (Wildman–Crippen MR) is 117 cm³/mol. The fourth-order valence-corrected chi connectivity index (χ4v) is 4.16. The molecule has 4 nitrogen and oxygen atoms in total. The molecule has 180 valence electrons. The minimum atomic E-state index is -4.44. The normalized spacial score (nSPS) is 15.4. The highest BCUT2D eigenvalue weighted by Gasteiger charge is 2.33. The van der Waals surface area contributed by atoms with E-state index in [1.54, 1.807) is 12.4 Å². The average molecular weight is 480 g/mol. The molecular formula is C24H22F6N4. The number of rotatable bonds is 4. The molecule has 1 aromatic carbocycles. The van der Waals surface area contributed by atoms with Gasteiger partial charge >= 0.3 is 12.4 Å². The minimum Gasteiger partial charge on any atom is -0.356 e. The number of nitrogens with zero attached hydrogens (tertiary/aromatic N) is 4. The molecule has 1 fully saturated rings. The molecule has 34 heavy (non-hydrogen) atoms. The number of piperidine rings is 1. The molecule has 0 bridgehead atoms. The Balaban J connectivity index is 1.56. The Bertz CT molecular complexity index is 1100. The standard InChI is InChI=1S/C24H22F6N4/c1-16-8-11-31-15-21(16)34(19-5-2-17(3-6-19)23(25,26)27)20-9-12-33(13-10-20)22-7-4-18(14-32-22)24(28,29)30/h2-8,11,14-15,20H,9-10,12-13H2,1H3. The summed E-state index contributed by atoms with van der Waals surface area (Å²) in [6, 6.07) is 9.23. The third-order valence-corrected chi connectivity index (χ3v) is 5.97. The number of benzene rings is 1. The first-order valence-electron chi connectivity index (χ1n) is 10.7. The highest BCUT2D eigenvalue weighted by molar-refractivity contribution is 5.67. The zero-order valence-electron chi connectivity index (χ0n) is 18.2. The number of hydrogen-bond acceptors (Lipinski definition) is 4. The van der Waals surface area contributed by atoms with Gasteiger partial charge in [0.15, 0.2) is 0 Å². The van der Waals surface area contributed by atoms with E-state index in [2.05, 4.69) is 9.97 Å². The van der Waals surface area contributed by atoms with Crippen molar-refractivity contribution in [2.45, 2.75) is 38.2 Å². The summed E-state index contributed by atoms with van der Waals surface area (Å²) < 4.78 is 77.6. The summed E-state index contributed by atoms with van der Waals surface area (Å²) in [5.41, 5.74) is 0.833. The lowest BCUT2D eigenvalue weighted by Gasteiger charge is -2.40. The topological polar surface area (TPSA) is 32.3 Å². The first-order valence-corrected chi connectivity index (χ1v) is 10.7. The first kappa shape index (κ1) is 23.8. The number of hydrogen-bond donors (Lipinski definition) is 0. The zero-order chi connectivity index (χ0) is 24.5. The molecule has 0 saturated carbocycles. The lowest BCUT2D eigenvalue weighted by Crippen LogP contribution is -2.43. The molecule has 3 aromatic rings. The highest BCUT2D eigenvalue weighted by atomic mass is 19.4. The number of anilines is 3. The molecule has 1 saturated heterocycles. The molecule has 1 aliphatic rings. The lowest BCUT2D eigenvalue weighted by atomic mass is 10.00. The maximum absolute atomic E-state index is 13.1. The van der Waals surface area contributed by atoms with Gasteiger partial charge < -0.3 is 9.80 Å². The summed E-state index contributed by atoms with van der Waals surface area (Å²) in [6.07, 6.45) is -3.42. The van der Waals surface area contributed by atoms with Gasteiger partial charge in [0.1, 0.15) is 5.82 Å². The van der Waals surface area contributed by atoms with Crippen LogP contribution in [0.4, 0.5) is 43.5 Å². The molecule has 3 heterocycles. The van der Waals surface area contributed by atoms with Gasteiger partial charge in [0.05, 0.1) is 23.0 Å². The summed E-state index contributed by atoms with van der Waals surface area (Å²) in [4.78, 5) is 12.1. The van der Waals surface area contributed by atoms with Gasteiger partial charge in [-0.3, -0.25) is 4.98 Å². The summed E-state index contributed by atoms with van der Waals surface area (Å²) in [5, 5.41) is 0. The summed E-state index contributed by atoms with van der Waals surface area (Å²) in [5.74, 6) is 0.463. The Morgan fingerprint density at radius 2 is 1.44 bits per heavy atom. The highest BCUT2D eigenvalue weighted by Crippen LogP contribution is 2.37. The van der Waals surface area contributed by atoms with E-state index in [9.17, 15) is 26.3 Å². The van der Waals surface area contributed by atoms with E-state index in [-0.39, 0.29) is 6.04 Å². The second kappa shape index (κ2) is 9.15. The Labute approximate surface area is 192 Å². The van der Waals surface area contributed by atoms with Gasteiger partial charge in [-0.05, 0) is 67.8 Å². The third-order valence-electron chi connectivity index (χ3n) is 5.97. The molecule has 0 atom stereocenters. The SMILES string of the molecule is Cc1ccncc1N(c1ccc(C(F)(F)F)cc1)C1CCN(c2ccc(C(F)(F)F)cn2)CC1. The third kappa shape index (κ3) is 5.10. The van der Waals surface area contributed by atoms with Crippen LogP contribution in [0.2, 0.25) is 0 Å². The van der Waals surface area contributed by atoms with Crippen LogP contribution in [0.25, 0.3) is 0 Å². The molecule has 0 N–H and O–H groups in total. The van der Waals surface area contributed by atoms with Gasteiger partial charge in [-0.2, -0.15) is 26.3 Å². The fourth-order valence-electron chi connectivity index (χ4n) is 4.16. The van der Waals surface area contributed by atoms with Crippen molar-refractivity contribution in [3.63, 3.8) is 0 Å². The van der Waals surface area contributed by atoms with Crippen LogP contribution in [0.3, 0.4) is 0 Å². The Morgan fingerprint density at radius 3 is 1.97 bits per heavy atom. The monoisotopic (exact) mass is 480 g/mol. The minimum absolute atomic E-state index is 0.0367. The van der Waals surface area contributed by atoms with Crippen molar-refractivity contribution in [3.8, 4) is 0 Å². The second-order valence-corrected chi connectivity index (χ2v) is 8.20. The van der Waals surface area contributed by atoms with Gasteiger partial charge in [-0.15, -0.1) is 0 Å². The van der Waals surface area contributed by atoms with Crippen LogP contribution in [0, 0.1) is 6.92 Å². The van der Waals surface area contributed by atoms with Crippen LogP contribution >= 0.6 is 0 Å². The van der Waals surface area contributed by atoms with Crippen LogP contribution in [0.15, 0.2) is 61.1 Å². The van der Waals surface area contributed by atoms with Gasteiger partial charge in [0.2, 0.25) is 0 Å². The van der Waals surface area contributed by atoms with Crippen molar-refractivity contribution in [2.24, 2.45) is 0 Å². The molecule has 2 aromatic heterocycles. The molecule has 0 spiro atoms. The summed E-state index contributed by atoms with van der Waals surface area (Å²) in [7, 11) is 0. The van der Waals surface area contributed by atoms with Gasteiger partial charge in [0, 0.05) is 37.2 Å². The smallest absolute Gasteiger partial charge is 0.356 e. The van der Waals surface area contributed by atoms with E-state index in [1.165, 1.54) is 18.2 Å². The van der Waals surface area contributed by atoms with E-state index in [4.69, 9.17) is 0 Å². The lowest BCUT2D eigenvalue weighted by molar-refractivity contribution is -0.138. The Hall–Kier alpha value is -3.30. The van der Waals surface area contributed by atoms with Gasteiger partial charge in [-0.1, -0.05) is 0 Å². The largest absolute Gasteiger partial charge is 0.417 e. The van der Waals surface area contributed by atoms with E-state index < -0.39 is 23.5 Å². The van der Waals surface area contributed by atoms with E-state index >= 15 is 0 Å². The molecular weight excluding hydrogens is 458 g/mol. The molecule has 10 heteroatoms. The average Bonchev–Trinajstić information content (AvgIpc) is 2.80. The number of alkyl halides is 6. The number of aromatic nitrogens is 2. The summed E-state index contributed by atoms with van der Waals surface area (Å²) >= 11 is 0. The number of pyridine rings is 2. The van der Waals surface area contributed by atoms with Gasteiger partial charge in [-0.25, -0.2) is 4.98 Å². The Morgan fingerprint density at radius 1 is 0.824 bits per heavy atom. The van der Waals surface area contributed by atoms with Crippen molar-refractivity contribution in [2.75, 3.05) is 22.9 Å². The molecule has 1 aliphatic heterocycles. The van der Waals surface area contributed by atoms with Crippen LogP contribution in [0.1, 0.15) is 29.5 Å². The molecule has 0 radical (unpaired) electrons. The fraction of sp³-hybridized carbons (Fsp3) is 0.333. The van der Waals surface area contributed by atoms with Crippen LogP contribution in [0.5, 0.6) is 0 Å². The Kier molecular flexibility index (Phi) is 6.42. The number of aryl methyl sites for hydroxylation is 1. The van der Waals surface area contributed by atoms with E-state index in [0.29, 0.717) is 37.4 Å². The van der Waals surface area contributed by atoms with Crippen LogP contribution in [-0.2, 0) is 12.4 Å². The van der Waals surface area contributed by atoms with Crippen molar-refractivity contribution < 1.29 is 26.3 Å². The zero-order valence-corrected chi connectivity index (χ0v) is 18.2. The molecule has 4 rings (SSSR count). The van der Waals surface area contributed by atoms with Crippen LogP contribution in [-0.4, -0.2) is 29.1 Å². The van der Waals surface area contributed by atoms with Gasteiger partial charge in [0.25, 0.3) is 0 Å². The van der Waals surface area contributed by atoms with Crippen LogP contribution < -0.4 is 9.80 Å². The summed E-state index contributed by atoms with van der Waals surface area (Å²) in [6.45, 7) is 2.99. The predicted octanol–water partition coefficient (Wildman–Crippen LogP) is 6.63.